The molecule has 0 unspecified atom stereocenters. The van der Waals surface area contributed by atoms with Gasteiger partial charge in [-0.25, -0.2) is 4.79 Å². The number of anilines is 1. The molecule has 1 aromatic carbocycles. The second-order valence-corrected chi connectivity index (χ2v) is 9.41. The van der Waals surface area contributed by atoms with Gasteiger partial charge < -0.3 is 19.0 Å². The van der Waals surface area contributed by atoms with Crippen LogP contribution in [0.5, 0.6) is 0 Å². The van der Waals surface area contributed by atoms with Crippen LogP contribution in [-0.2, 0) is 24.1 Å². The number of esters is 1. The fourth-order valence-corrected chi connectivity index (χ4v) is 5.81. The Morgan fingerprint density at radius 1 is 1.18 bits per heavy atom. The maximum absolute atomic E-state index is 13.5. The second-order valence-electron chi connectivity index (χ2n) is 8.30. The van der Waals surface area contributed by atoms with Crippen LogP contribution in [0.3, 0.4) is 0 Å². The molecule has 0 saturated heterocycles. The van der Waals surface area contributed by atoms with Crippen molar-refractivity contribution in [2.45, 2.75) is 46.1 Å². The number of rotatable bonds is 6. The number of nitrogens with one attached hydrogen (secondary N) is 1. The predicted molar refractivity (Wildman–Crippen MR) is 129 cm³/mol. The number of ether oxygens (including phenoxy) is 1. The van der Waals surface area contributed by atoms with Gasteiger partial charge in [-0.15, -0.1) is 11.3 Å². The minimum Gasteiger partial charge on any atom is -0.463 e. The zero-order valence-corrected chi connectivity index (χ0v) is 19.6. The third kappa shape index (κ3) is 3.97. The van der Waals surface area contributed by atoms with Gasteiger partial charge in [0.15, 0.2) is 5.58 Å². The van der Waals surface area contributed by atoms with Crippen LogP contribution >= 0.6 is 11.3 Å². The van der Waals surface area contributed by atoms with Gasteiger partial charge in [-0.3, -0.25) is 4.79 Å². The molecule has 170 valence electrons. The lowest BCUT2D eigenvalue weighted by molar-refractivity contribution is 0.0526. The monoisotopic (exact) mass is 462 g/mol. The van der Waals surface area contributed by atoms with E-state index in [0.717, 1.165) is 47.9 Å². The largest absolute Gasteiger partial charge is 0.463 e. The van der Waals surface area contributed by atoms with E-state index in [2.05, 4.69) is 24.4 Å². The molecule has 1 aliphatic carbocycles. The summed E-state index contributed by atoms with van der Waals surface area (Å²) in [5.41, 5.74) is 5.85. The maximum atomic E-state index is 13.5. The van der Waals surface area contributed by atoms with Gasteiger partial charge >= 0.3 is 5.97 Å². The van der Waals surface area contributed by atoms with E-state index in [1.54, 1.807) is 19.3 Å². The molecule has 6 nitrogen and oxygen atoms in total. The summed E-state index contributed by atoms with van der Waals surface area (Å²) in [6, 6.07) is 11.8. The van der Waals surface area contributed by atoms with Crippen molar-refractivity contribution in [3.8, 4) is 0 Å². The Morgan fingerprint density at radius 2 is 2.00 bits per heavy atom. The summed E-state index contributed by atoms with van der Waals surface area (Å²) in [7, 11) is 0. The highest BCUT2D eigenvalue weighted by Crippen LogP contribution is 2.39. The number of nitrogens with zero attached hydrogens (tertiary/aromatic N) is 1. The average Bonchev–Trinajstić information content (AvgIpc) is 3.49. The van der Waals surface area contributed by atoms with Crippen molar-refractivity contribution in [1.29, 1.82) is 0 Å². The molecule has 0 spiro atoms. The molecule has 7 heteroatoms. The van der Waals surface area contributed by atoms with Gasteiger partial charge in [0.05, 0.1) is 24.0 Å². The molecule has 0 saturated carbocycles. The van der Waals surface area contributed by atoms with Crippen molar-refractivity contribution in [2.75, 3.05) is 11.9 Å². The Bertz CT molecular complexity index is 1340. The van der Waals surface area contributed by atoms with Gasteiger partial charge in [0.1, 0.15) is 10.7 Å². The third-order valence-corrected chi connectivity index (χ3v) is 7.43. The number of hydrogen-bond acceptors (Lipinski definition) is 5. The molecule has 33 heavy (non-hydrogen) atoms. The normalized spacial score (nSPS) is 13.2. The van der Waals surface area contributed by atoms with Gasteiger partial charge in [0.2, 0.25) is 0 Å². The predicted octanol–water partition coefficient (Wildman–Crippen LogP) is 5.96. The van der Waals surface area contributed by atoms with E-state index in [4.69, 9.17) is 9.15 Å². The molecular formula is C26H26N2O4S. The third-order valence-electron chi connectivity index (χ3n) is 6.22. The van der Waals surface area contributed by atoms with Crippen LogP contribution < -0.4 is 5.32 Å². The van der Waals surface area contributed by atoms with Crippen molar-refractivity contribution >= 4 is 39.3 Å². The van der Waals surface area contributed by atoms with E-state index in [1.807, 2.05) is 22.8 Å². The summed E-state index contributed by atoms with van der Waals surface area (Å²) in [4.78, 5) is 27.4. The number of thiophene rings is 1. The Balaban J connectivity index is 1.52. The second kappa shape index (κ2) is 8.90. The molecule has 0 aliphatic heterocycles. The average molecular weight is 463 g/mol. The zero-order valence-electron chi connectivity index (χ0n) is 18.8. The summed E-state index contributed by atoms with van der Waals surface area (Å²) < 4.78 is 12.9. The molecule has 1 N–H and O–H groups in total. The standard InChI is InChI=1S/C26H26N2O4S/c1-3-31-26(30)23-18-10-6-7-11-22(18)33-25(23)27-24(29)20-14-21-19(12-13-32-21)28(20)15-17-9-5-4-8-16(17)2/h4-5,8-9,12-14H,3,6-7,10-11,15H2,1-2H3,(H,27,29). The van der Waals surface area contributed by atoms with Crippen LogP contribution in [0.1, 0.15) is 62.2 Å². The number of furan rings is 1. The van der Waals surface area contributed by atoms with Crippen LogP contribution in [0.2, 0.25) is 0 Å². The lowest BCUT2D eigenvalue weighted by Gasteiger charge is -2.13. The maximum Gasteiger partial charge on any atom is 0.341 e. The first-order valence-electron chi connectivity index (χ1n) is 11.3. The minimum absolute atomic E-state index is 0.265. The lowest BCUT2D eigenvalue weighted by Crippen LogP contribution is -2.19. The van der Waals surface area contributed by atoms with E-state index >= 15 is 0 Å². The Morgan fingerprint density at radius 3 is 2.82 bits per heavy atom. The summed E-state index contributed by atoms with van der Waals surface area (Å²) in [6.07, 6.45) is 5.54. The molecular weight excluding hydrogens is 436 g/mol. The van der Waals surface area contributed by atoms with Crippen LogP contribution in [0.4, 0.5) is 5.00 Å². The number of amides is 1. The molecule has 0 bridgehead atoms. The van der Waals surface area contributed by atoms with Crippen molar-refractivity contribution in [3.63, 3.8) is 0 Å². The van der Waals surface area contributed by atoms with Gasteiger partial charge in [0, 0.05) is 23.6 Å². The molecule has 3 aromatic heterocycles. The highest BCUT2D eigenvalue weighted by Gasteiger charge is 2.28. The van der Waals surface area contributed by atoms with Crippen LogP contribution in [0, 0.1) is 6.92 Å². The molecule has 0 atom stereocenters. The van der Waals surface area contributed by atoms with E-state index in [0.29, 0.717) is 35.0 Å². The van der Waals surface area contributed by atoms with Crippen molar-refractivity contribution in [2.24, 2.45) is 0 Å². The molecule has 5 rings (SSSR count). The Labute approximate surface area is 196 Å². The number of aryl methyl sites for hydroxylation is 2. The number of fused-ring (bicyclic) bond motifs is 2. The number of carbonyl (C=O) groups excluding carboxylic acids is 2. The molecule has 0 fully saturated rings. The van der Waals surface area contributed by atoms with E-state index < -0.39 is 0 Å². The quantitative estimate of drug-likeness (QED) is 0.359. The zero-order chi connectivity index (χ0) is 22.9. The topological polar surface area (TPSA) is 73.5 Å². The van der Waals surface area contributed by atoms with Gasteiger partial charge in [-0.1, -0.05) is 24.3 Å². The molecule has 1 aliphatic rings. The van der Waals surface area contributed by atoms with E-state index in [1.165, 1.54) is 16.2 Å². The van der Waals surface area contributed by atoms with Crippen LogP contribution in [-0.4, -0.2) is 23.1 Å². The van der Waals surface area contributed by atoms with Gasteiger partial charge in [-0.2, -0.15) is 0 Å². The van der Waals surface area contributed by atoms with E-state index in [9.17, 15) is 9.59 Å². The minimum atomic E-state index is -0.365. The first-order chi connectivity index (χ1) is 16.1. The lowest BCUT2D eigenvalue weighted by atomic mass is 9.95. The first kappa shape index (κ1) is 21.5. The smallest absolute Gasteiger partial charge is 0.341 e. The molecule has 0 radical (unpaired) electrons. The fraction of sp³-hybridized carbons (Fsp3) is 0.308. The van der Waals surface area contributed by atoms with Gasteiger partial charge in [0.25, 0.3) is 5.91 Å². The number of hydrogen-bond donors (Lipinski definition) is 1. The highest BCUT2D eigenvalue weighted by molar-refractivity contribution is 7.17. The van der Waals surface area contributed by atoms with Crippen molar-refractivity contribution < 1.29 is 18.7 Å². The fourth-order valence-electron chi connectivity index (χ4n) is 4.53. The van der Waals surface area contributed by atoms with Crippen molar-refractivity contribution in [3.05, 3.63) is 75.5 Å². The SMILES string of the molecule is CCOC(=O)c1c(NC(=O)c2cc3occc3n2Cc2ccccc2C)sc2c1CCCC2. The first-order valence-corrected chi connectivity index (χ1v) is 12.1. The highest BCUT2D eigenvalue weighted by atomic mass is 32.1. The number of carbonyl (C=O) groups is 2. The van der Waals surface area contributed by atoms with Gasteiger partial charge in [-0.05, 0) is 56.2 Å². The number of aromatic nitrogens is 1. The molecule has 3 heterocycles. The number of benzene rings is 1. The summed E-state index contributed by atoms with van der Waals surface area (Å²) in [5.74, 6) is -0.629. The molecule has 4 aromatic rings. The van der Waals surface area contributed by atoms with Crippen LogP contribution in [0.25, 0.3) is 11.1 Å². The summed E-state index contributed by atoms with van der Waals surface area (Å²) in [5, 5.41) is 3.61. The molecule has 1 amide bonds. The Hall–Kier alpha value is -3.32. The van der Waals surface area contributed by atoms with Crippen LogP contribution in [0.15, 0.2) is 47.1 Å². The summed E-state index contributed by atoms with van der Waals surface area (Å²) in [6.45, 7) is 4.70. The summed E-state index contributed by atoms with van der Waals surface area (Å²) >= 11 is 1.49. The van der Waals surface area contributed by atoms with Crippen molar-refractivity contribution in [1.82, 2.24) is 4.57 Å². The Kier molecular flexibility index (Phi) is 5.81. The van der Waals surface area contributed by atoms with E-state index in [-0.39, 0.29) is 11.9 Å².